The van der Waals surface area contributed by atoms with Crippen LogP contribution < -0.4 is 21.2 Å². The van der Waals surface area contributed by atoms with Crippen LogP contribution in [0.1, 0.15) is 30.5 Å². The highest BCUT2D eigenvalue weighted by Gasteiger charge is 2.16. The van der Waals surface area contributed by atoms with Gasteiger partial charge in [-0.05, 0) is 38.7 Å². The fourth-order valence-electron chi connectivity index (χ4n) is 3.08. The molecule has 1 saturated heterocycles. The molecule has 0 atom stereocenters. The Hall–Kier alpha value is -1.46. The number of thiophene rings is 1. The first kappa shape index (κ1) is 15.4. The summed E-state index contributed by atoms with van der Waals surface area (Å²) in [5, 5.41) is 2.68. The first-order valence-electron chi connectivity index (χ1n) is 7.56. The van der Waals surface area contributed by atoms with Crippen LogP contribution >= 0.6 is 22.9 Å². The van der Waals surface area contributed by atoms with E-state index in [-0.39, 0.29) is 0 Å². The van der Waals surface area contributed by atoms with Crippen molar-refractivity contribution in [2.75, 3.05) is 13.1 Å². The number of likely N-dealkylation sites (tertiary alicyclic amines) is 1. The van der Waals surface area contributed by atoms with Gasteiger partial charge in [-0.1, -0.05) is 11.6 Å². The van der Waals surface area contributed by atoms with Crippen molar-refractivity contribution in [1.82, 2.24) is 9.88 Å². The summed E-state index contributed by atoms with van der Waals surface area (Å²) < 4.78 is 1.01. The number of pyridine rings is 1. The van der Waals surface area contributed by atoms with Gasteiger partial charge in [0.2, 0.25) is 0 Å². The summed E-state index contributed by atoms with van der Waals surface area (Å²) in [4.78, 5) is 7.82. The molecule has 2 aromatic rings. The molecule has 0 saturated carbocycles. The normalized spacial score (nSPS) is 18.1. The van der Waals surface area contributed by atoms with E-state index in [9.17, 15) is 0 Å². The number of nitrogens with two attached hydrogens (primary N) is 2. The molecule has 4 N–H and O–H groups in total. The molecular formula is C16H21ClN4S. The van der Waals surface area contributed by atoms with Gasteiger partial charge in [0.05, 0.1) is 15.2 Å². The Balaban J connectivity index is 2.33. The molecule has 0 amide bonds. The van der Waals surface area contributed by atoms with Crippen LogP contribution in [0.3, 0.4) is 0 Å². The van der Waals surface area contributed by atoms with E-state index in [1.165, 1.54) is 19.3 Å². The van der Waals surface area contributed by atoms with Gasteiger partial charge >= 0.3 is 0 Å². The molecule has 0 aromatic carbocycles. The predicted octanol–water partition coefficient (Wildman–Crippen LogP) is 1.77. The lowest BCUT2D eigenvalue weighted by Gasteiger charge is -2.28. The summed E-state index contributed by atoms with van der Waals surface area (Å²) in [6.07, 6.45) is 5.29. The molecule has 118 valence electrons. The summed E-state index contributed by atoms with van der Waals surface area (Å²) in [6, 6.07) is 0. The van der Waals surface area contributed by atoms with Gasteiger partial charge in [0.1, 0.15) is 10.7 Å². The van der Waals surface area contributed by atoms with Crippen LogP contribution in [-0.4, -0.2) is 23.0 Å². The van der Waals surface area contributed by atoms with Crippen molar-refractivity contribution in [1.29, 1.82) is 0 Å². The number of piperidine rings is 1. The van der Waals surface area contributed by atoms with Crippen LogP contribution in [0.25, 0.3) is 22.2 Å². The minimum atomic E-state index is 0.705. The van der Waals surface area contributed by atoms with E-state index in [1.54, 1.807) is 17.5 Å². The Morgan fingerprint density at radius 2 is 1.95 bits per heavy atom. The van der Waals surface area contributed by atoms with Crippen molar-refractivity contribution >= 4 is 45.2 Å². The van der Waals surface area contributed by atoms with Gasteiger partial charge in [-0.3, -0.25) is 0 Å². The molecule has 1 aliphatic rings. The molecule has 4 nitrogen and oxygen atoms in total. The monoisotopic (exact) mass is 336 g/mol. The van der Waals surface area contributed by atoms with Gasteiger partial charge in [0, 0.05) is 29.9 Å². The Bertz CT molecular complexity index is 834. The van der Waals surface area contributed by atoms with Gasteiger partial charge < -0.3 is 16.4 Å². The van der Waals surface area contributed by atoms with Crippen molar-refractivity contribution in [2.45, 2.75) is 33.1 Å². The molecule has 0 unspecified atom stereocenters. The minimum Gasteiger partial charge on any atom is -0.404 e. The second-order valence-corrected chi connectivity index (χ2v) is 7.14. The van der Waals surface area contributed by atoms with Gasteiger partial charge in [0.15, 0.2) is 0 Å². The van der Waals surface area contributed by atoms with Crippen LogP contribution in [0.4, 0.5) is 0 Å². The standard InChI is InChI=1S/C16H21ClN4S/c1-9-12-11(8-18)14(15(19)21-6-4-3-5-7-21)22-16(12)20-10(2)13(9)17/h8H,3-7,18-19H2,1-2H3/b11-8-,15-14-. The van der Waals surface area contributed by atoms with E-state index in [0.717, 1.165) is 50.1 Å². The first-order chi connectivity index (χ1) is 10.5. The molecule has 1 aliphatic heterocycles. The highest BCUT2D eigenvalue weighted by molar-refractivity contribution is 7.16. The SMILES string of the molecule is Cc1nc2sc(=C(/N)N3CCCCC3)/c(=C\N)c2c(C)c1Cl. The lowest BCUT2D eigenvalue weighted by Crippen LogP contribution is -2.39. The summed E-state index contributed by atoms with van der Waals surface area (Å²) in [7, 11) is 0. The van der Waals surface area contributed by atoms with Crippen molar-refractivity contribution < 1.29 is 0 Å². The van der Waals surface area contributed by atoms with Gasteiger partial charge in [-0.15, -0.1) is 11.3 Å². The summed E-state index contributed by atoms with van der Waals surface area (Å²) in [5.74, 6) is 0.813. The molecule has 0 aliphatic carbocycles. The third kappa shape index (κ3) is 2.42. The zero-order valence-electron chi connectivity index (χ0n) is 12.9. The number of aryl methyl sites for hydroxylation is 2. The van der Waals surface area contributed by atoms with Crippen molar-refractivity contribution in [3.63, 3.8) is 0 Å². The molecule has 2 aromatic heterocycles. The maximum atomic E-state index is 6.45. The summed E-state index contributed by atoms with van der Waals surface area (Å²) >= 11 is 7.96. The molecule has 3 rings (SSSR count). The largest absolute Gasteiger partial charge is 0.404 e. The predicted molar refractivity (Wildman–Crippen MR) is 95.0 cm³/mol. The highest BCUT2D eigenvalue weighted by atomic mass is 35.5. The number of fused-ring (bicyclic) bond motifs is 1. The summed E-state index contributed by atoms with van der Waals surface area (Å²) in [5.41, 5.74) is 14.2. The van der Waals surface area contributed by atoms with Gasteiger partial charge in [0.25, 0.3) is 0 Å². The maximum absolute atomic E-state index is 6.45. The van der Waals surface area contributed by atoms with E-state index in [2.05, 4.69) is 9.88 Å². The zero-order chi connectivity index (χ0) is 15.9. The molecule has 0 spiro atoms. The zero-order valence-corrected chi connectivity index (χ0v) is 14.5. The Morgan fingerprint density at radius 1 is 1.27 bits per heavy atom. The number of aromatic nitrogens is 1. The number of hydrogen-bond acceptors (Lipinski definition) is 5. The molecule has 1 fully saturated rings. The number of halogens is 1. The average Bonchev–Trinajstić information content (AvgIpc) is 2.91. The minimum absolute atomic E-state index is 0.705. The lowest BCUT2D eigenvalue weighted by molar-refractivity contribution is 0.319. The second-order valence-electron chi connectivity index (χ2n) is 5.76. The van der Waals surface area contributed by atoms with Crippen LogP contribution in [0, 0.1) is 13.8 Å². The topological polar surface area (TPSA) is 68.2 Å². The second kappa shape index (κ2) is 5.97. The summed E-state index contributed by atoms with van der Waals surface area (Å²) in [6.45, 7) is 5.96. The van der Waals surface area contributed by atoms with Gasteiger partial charge in [-0.2, -0.15) is 0 Å². The van der Waals surface area contributed by atoms with Crippen LogP contribution in [0.15, 0.2) is 0 Å². The first-order valence-corrected chi connectivity index (χ1v) is 8.76. The molecule has 22 heavy (non-hydrogen) atoms. The number of rotatable bonds is 1. The average molecular weight is 337 g/mol. The molecule has 6 heteroatoms. The van der Waals surface area contributed by atoms with E-state index < -0.39 is 0 Å². The van der Waals surface area contributed by atoms with Crippen LogP contribution in [0.5, 0.6) is 0 Å². The molecular weight excluding hydrogens is 316 g/mol. The van der Waals surface area contributed by atoms with E-state index in [4.69, 9.17) is 23.1 Å². The molecule has 0 radical (unpaired) electrons. The maximum Gasteiger partial charge on any atom is 0.125 e. The van der Waals surface area contributed by atoms with Crippen molar-refractivity contribution in [2.24, 2.45) is 11.5 Å². The Kier molecular flexibility index (Phi) is 4.19. The van der Waals surface area contributed by atoms with Crippen LogP contribution in [0.2, 0.25) is 5.02 Å². The Labute approximate surface area is 139 Å². The number of hydrogen-bond donors (Lipinski definition) is 2. The fourth-order valence-corrected chi connectivity index (χ4v) is 4.47. The molecule has 0 bridgehead atoms. The Morgan fingerprint density at radius 3 is 2.59 bits per heavy atom. The lowest BCUT2D eigenvalue weighted by atomic mass is 10.1. The highest BCUT2D eigenvalue weighted by Crippen LogP contribution is 2.26. The van der Waals surface area contributed by atoms with E-state index >= 15 is 0 Å². The van der Waals surface area contributed by atoms with Crippen LogP contribution in [-0.2, 0) is 0 Å². The van der Waals surface area contributed by atoms with Gasteiger partial charge in [-0.25, -0.2) is 4.98 Å². The third-order valence-electron chi connectivity index (χ3n) is 4.31. The van der Waals surface area contributed by atoms with E-state index in [1.807, 2.05) is 13.8 Å². The van der Waals surface area contributed by atoms with Crippen molar-refractivity contribution in [3.8, 4) is 0 Å². The quantitative estimate of drug-likeness (QED) is 0.833. The third-order valence-corrected chi connectivity index (χ3v) is 5.99. The van der Waals surface area contributed by atoms with Crippen molar-refractivity contribution in [3.05, 3.63) is 26.0 Å². The van der Waals surface area contributed by atoms with E-state index in [0.29, 0.717) is 5.02 Å². The fraction of sp³-hybridized carbons (Fsp3) is 0.438. The number of nitrogens with zero attached hydrogens (tertiary/aromatic N) is 2. The smallest absolute Gasteiger partial charge is 0.125 e. The molecule has 3 heterocycles.